The summed E-state index contributed by atoms with van der Waals surface area (Å²) >= 11 is 0. The molecule has 0 aliphatic carbocycles. The minimum atomic E-state index is 0.810. The Hall–Kier alpha value is -3.14. The first kappa shape index (κ1) is 12.4. The topological polar surface area (TPSA) is 51.6 Å². The molecule has 2 aromatic carbocycles. The Morgan fingerprint density at radius 2 is 1.26 bits per heavy atom. The van der Waals surface area contributed by atoms with Crippen LogP contribution in [0.1, 0.15) is 5.56 Å². The molecule has 0 fully saturated rings. The largest absolute Gasteiger partial charge is 0.254 e. The number of aromatic nitrogens is 4. The zero-order valence-electron chi connectivity index (χ0n) is 12.5. The van der Waals surface area contributed by atoms with Crippen molar-refractivity contribution < 1.29 is 0 Å². The first-order valence-corrected chi connectivity index (χ1v) is 7.51. The summed E-state index contributed by atoms with van der Waals surface area (Å²) in [5.74, 6) is 0. The molecule has 0 aliphatic rings. The van der Waals surface area contributed by atoms with Gasteiger partial charge in [-0.25, -0.2) is 9.97 Å². The lowest BCUT2D eigenvalue weighted by molar-refractivity contribution is 1.33. The average Bonchev–Trinajstić information content (AvgIpc) is 2.61. The highest BCUT2D eigenvalue weighted by Crippen LogP contribution is 2.31. The normalized spacial score (nSPS) is 11.7. The van der Waals surface area contributed by atoms with E-state index in [9.17, 15) is 0 Å². The number of pyridine rings is 2. The van der Waals surface area contributed by atoms with E-state index in [2.05, 4.69) is 35.1 Å². The van der Waals surface area contributed by atoms with Crippen molar-refractivity contribution in [2.75, 3.05) is 0 Å². The highest BCUT2D eigenvalue weighted by atomic mass is 14.9. The molecule has 0 N–H and O–H groups in total. The molecule has 0 radical (unpaired) electrons. The molecule has 3 heterocycles. The van der Waals surface area contributed by atoms with Gasteiger partial charge in [-0.3, -0.25) is 9.97 Å². The number of hydrogen-bond acceptors (Lipinski definition) is 4. The third kappa shape index (κ3) is 1.66. The summed E-state index contributed by atoms with van der Waals surface area (Å²) in [7, 11) is 0. The van der Waals surface area contributed by atoms with Crippen molar-refractivity contribution in [1.29, 1.82) is 0 Å². The molecule has 0 saturated carbocycles. The number of rotatable bonds is 0. The van der Waals surface area contributed by atoms with Crippen LogP contribution in [0.3, 0.4) is 0 Å². The highest BCUT2D eigenvalue weighted by Gasteiger charge is 2.14. The smallest absolute Gasteiger partial charge is 0.118 e. The van der Waals surface area contributed by atoms with Crippen LogP contribution in [0.2, 0.25) is 0 Å². The van der Waals surface area contributed by atoms with Crippen LogP contribution in [0.4, 0.5) is 0 Å². The van der Waals surface area contributed by atoms with E-state index in [0.29, 0.717) is 0 Å². The Morgan fingerprint density at radius 1 is 0.609 bits per heavy atom. The number of benzene rings is 2. The summed E-state index contributed by atoms with van der Waals surface area (Å²) in [4.78, 5) is 18.9. The van der Waals surface area contributed by atoms with Gasteiger partial charge in [-0.1, -0.05) is 24.3 Å². The van der Waals surface area contributed by atoms with Crippen molar-refractivity contribution >= 4 is 43.9 Å². The lowest BCUT2D eigenvalue weighted by Gasteiger charge is -2.09. The van der Waals surface area contributed by atoms with Gasteiger partial charge in [-0.15, -0.1) is 0 Å². The molecule has 0 atom stereocenters. The lowest BCUT2D eigenvalue weighted by atomic mass is 10.1. The molecule has 0 aliphatic heterocycles. The van der Waals surface area contributed by atoms with Crippen molar-refractivity contribution in [3.05, 3.63) is 60.4 Å². The first-order valence-electron chi connectivity index (χ1n) is 7.51. The predicted molar refractivity (Wildman–Crippen MR) is 92.4 cm³/mol. The number of fused-ring (bicyclic) bond motifs is 7. The maximum absolute atomic E-state index is 4.89. The highest BCUT2D eigenvalue weighted by molar-refractivity contribution is 6.21. The number of nitrogens with zero attached hydrogens (tertiary/aromatic N) is 4. The number of para-hydroxylation sites is 1. The van der Waals surface area contributed by atoms with E-state index >= 15 is 0 Å². The molecule has 0 bridgehead atoms. The van der Waals surface area contributed by atoms with Crippen LogP contribution in [0.5, 0.6) is 0 Å². The van der Waals surface area contributed by atoms with Gasteiger partial charge in [0.05, 0.1) is 22.1 Å². The molecule has 4 nitrogen and oxygen atoms in total. The zero-order valence-corrected chi connectivity index (χ0v) is 12.5. The second-order valence-corrected chi connectivity index (χ2v) is 5.66. The van der Waals surface area contributed by atoms with Crippen LogP contribution in [-0.2, 0) is 0 Å². The molecule has 108 valence electrons. The van der Waals surface area contributed by atoms with E-state index in [4.69, 9.17) is 9.97 Å². The standard InChI is InChI=1S/C19H12N4/c1-11-5-2-8-14-15(11)23-19-17-13(7-4-10-21-17)12-6-3-9-20-16(12)18(19)22-14/h2-10H,1H3. The SMILES string of the molecule is Cc1cccc2nc3c4ncccc4c4cccnc4c3nc12. The Labute approximate surface area is 131 Å². The van der Waals surface area contributed by atoms with Crippen molar-refractivity contribution in [2.24, 2.45) is 0 Å². The van der Waals surface area contributed by atoms with Gasteiger partial charge in [0.15, 0.2) is 0 Å². The third-order valence-corrected chi connectivity index (χ3v) is 4.25. The molecule has 0 saturated heterocycles. The van der Waals surface area contributed by atoms with Crippen LogP contribution >= 0.6 is 0 Å². The Balaban J connectivity index is 2.16. The first-order chi connectivity index (χ1) is 11.3. The van der Waals surface area contributed by atoms with Crippen molar-refractivity contribution in [1.82, 2.24) is 19.9 Å². The fraction of sp³-hybridized carbons (Fsp3) is 0.0526. The summed E-state index contributed by atoms with van der Waals surface area (Å²) in [5.41, 5.74) is 6.29. The van der Waals surface area contributed by atoms with E-state index in [1.807, 2.05) is 24.3 Å². The van der Waals surface area contributed by atoms with Gasteiger partial charge in [0.1, 0.15) is 11.0 Å². The van der Waals surface area contributed by atoms with Crippen molar-refractivity contribution in [3.8, 4) is 0 Å². The number of aryl methyl sites for hydroxylation is 1. The van der Waals surface area contributed by atoms with Crippen molar-refractivity contribution in [3.63, 3.8) is 0 Å². The third-order valence-electron chi connectivity index (χ3n) is 4.25. The minimum absolute atomic E-state index is 0.810. The van der Waals surface area contributed by atoms with E-state index in [1.165, 1.54) is 0 Å². The molecule has 5 aromatic rings. The van der Waals surface area contributed by atoms with E-state index < -0.39 is 0 Å². The summed E-state index contributed by atoms with van der Waals surface area (Å²) in [5, 5.41) is 2.12. The quantitative estimate of drug-likeness (QED) is 0.317. The van der Waals surface area contributed by atoms with Crippen LogP contribution in [-0.4, -0.2) is 19.9 Å². The molecular weight excluding hydrogens is 284 g/mol. The number of hydrogen-bond donors (Lipinski definition) is 0. The van der Waals surface area contributed by atoms with Gasteiger partial charge in [-0.05, 0) is 30.7 Å². The van der Waals surface area contributed by atoms with Gasteiger partial charge in [-0.2, -0.15) is 0 Å². The fourth-order valence-corrected chi connectivity index (χ4v) is 3.17. The Bertz CT molecular complexity index is 1230. The molecule has 5 rings (SSSR count). The second kappa shape index (κ2) is 4.43. The summed E-state index contributed by atoms with van der Waals surface area (Å²) in [6, 6.07) is 14.1. The van der Waals surface area contributed by atoms with Gasteiger partial charge in [0.2, 0.25) is 0 Å². The zero-order chi connectivity index (χ0) is 15.4. The van der Waals surface area contributed by atoms with Crippen LogP contribution in [0.15, 0.2) is 54.9 Å². The van der Waals surface area contributed by atoms with E-state index in [-0.39, 0.29) is 0 Å². The Kier molecular flexibility index (Phi) is 2.39. The molecular formula is C19H12N4. The van der Waals surface area contributed by atoms with E-state index in [1.54, 1.807) is 12.4 Å². The molecule has 3 aromatic heterocycles. The summed E-state index contributed by atoms with van der Waals surface area (Å²) in [6.45, 7) is 2.05. The maximum Gasteiger partial charge on any atom is 0.118 e. The lowest BCUT2D eigenvalue weighted by Crippen LogP contribution is -1.95. The molecule has 23 heavy (non-hydrogen) atoms. The van der Waals surface area contributed by atoms with E-state index in [0.717, 1.165) is 49.4 Å². The van der Waals surface area contributed by atoms with Crippen LogP contribution in [0.25, 0.3) is 43.9 Å². The van der Waals surface area contributed by atoms with Gasteiger partial charge >= 0.3 is 0 Å². The minimum Gasteiger partial charge on any atom is -0.254 e. The van der Waals surface area contributed by atoms with Gasteiger partial charge in [0.25, 0.3) is 0 Å². The monoisotopic (exact) mass is 296 g/mol. The summed E-state index contributed by atoms with van der Waals surface area (Å²) in [6.07, 6.45) is 3.60. The average molecular weight is 296 g/mol. The molecule has 0 spiro atoms. The van der Waals surface area contributed by atoms with Crippen LogP contribution in [0, 0.1) is 6.92 Å². The Morgan fingerprint density at radius 3 is 1.96 bits per heavy atom. The maximum atomic E-state index is 4.89. The summed E-state index contributed by atoms with van der Waals surface area (Å²) < 4.78 is 0. The van der Waals surface area contributed by atoms with Gasteiger partial charge < -0.3 is 0 Å². The molecule has 0 amide bonds. The molecule has 0 unspecified atom stereocenters. The van der Waals surface area contributed by atoms with Crippen LogP contribution < -0.4 is 0 Å². The fourth-order valence-electron chi connectivity index (χ4n) is 3.17. The molecule has 4 heteroatoms. The second-order valence-electron chi connectivity index (χ2n) is 5.66. The van der Waals surface area contributed by atoms with Gasteiger partial charge in [0, 0.05) is 23.2 Å². The predicted octanol–water partition coefficient (Wildman–Crippen LogP) is 4.19. The van der Waals surface area contributed by atoms with Crippen molar-refractivity contribution in [2.45, 2.75) is 6.92 Å².